The van der Waals surface area contributed by atoms with Crippen molar-refractivity contribution in [2.75, 3.05) is 26.3 Å². The zero-order valence-electron chi connectivity index (χ0n) is 12.8. The first-order chi connectivity index (χ1) is 10.2. The second-order valence-corrected chi connectivity index (χ2v) is 6.28. The van der Waals surface area contributed by atoms with Gasteiger partial charge >= 0.3 is 0 Å². The Labute approximate surface area is 126 Å². The Kier molecular flexibility index (Phi) is 4.42. The molecular formula is C16H25N3O2. The Morgan fingerprint density at radius 1 is 1.62 bits per heavy atom. The van der Waals surface area contributed by atoms with Gasteiger partial charge in [-0.05, 0) is 19.4 Å². The molecule has 0 bridgehead atoms. The van der Waals surface area contributed by atoms with Crippen LogP contribution < -0.4 is 0 Å². The summed E-state index contributed by atoms with van der Waals surface area (Å²) in [6.45, 7) is 8.12. The Bertz CT molecular complexity index is 488. The van der Waals surface area contributed by atoms with E-state index in [1.54, 1.807) is 6.08 Å². The minimum absolute atomic E-state index is 0.00764. The lowest BCUT2D eigenvalue weighted by atomic mass is 9.89. The normalized spacial score (nSPS) is 30.0. The molecule has 0 unspecified atom stereocenters. The maximum atomic E-state index is 6.14. The zero-order valence-corrected chi connectivity index (χ0v) is 12.8. The fourth-order valence-corrected chi connectivity index (χ4v) is 3.54. The lowest BCUT2D eigenvalue weighted by molar-refractivity contribution is -0.0544. The number of rotatable bonds is 5. The van der Waals surface area contributed by atoms with Crippen LogP contribution in [0.15, 0.2) is 25.0 Å². The molecule has 2 atom stereocenters. The average Bonchev–Trinajstić information content (AvgIpc) is 3.04. The van der Waals surface area contributed by atoms with Crippen LogP contribution in [0.4, 0.5) is 0 Å². The van der Waals surface area contributed by atoms with Crippen LogP contribution in [-0.2, 0) is 23.1 Å². The third-order valence-corrected chi connectivity index (χ3v) is 4.41. The molecule has 2 fully saturated rings. The number of ether oxygens (including phenoxy) is 2. The van der Waals surface area contributed by atoms with Gasteiger partial charge in [0, 0.05) is 38.3 Å². The quantitative estimate of drug-likeness (QED) is 0.775. The summed E-state index contributed by atoms with van der Waals surface area (Å²) in [6, 6.07) is 0. The van der Waals surface area contributed by atoms with Crippen LogP contribution in [0.1, 0.15) is 24.8 Å². The van der Waals surface area contributed by atoms with Crippen molar-refractivity contribution in [2.45, 2.75) is 37.5 Å². The highest BCUT2D eigenvalue weighted by molar-refractivity contribution is 5.05. The SMILES string of the molecule is C=CCO[C@@H]1CO[C@]2(CCCN(Cc3cnn(C)c3)C2)C1. The standard InChI is InChI=1S/C16H25N3O2/c1-3-7-20-15-8-16(21-12-15)5-4-6-19(13-16)11-14-9-17-18(2)10-14/h3,9-10,15H,1,4-8,11-13H2,2H3/t15-,16+/m0/s1. The van der Waals surface area contributed by atoms with E-state index in [0.29, 0.717) is 13.2 Å². The van der Waals surface area contributed by atoms with Gasteiger partial charge in [0.1, 0.15) is 0 Å². The second kappa shape index (κ2) is 6.30. The van der Waals surface area contributed by atoms with E-state index in [9.17, 15) is 0 Å². The molecule has 0 radical (unpaired) electrons. The molecule has 2 aliphatic heterocycles. The van der Waals surface area contributed by atoms with Gasteiger partial charge in [-0.1, -0.05) is 6.08 Å². The third kappa shape index (κ3) is 3.54. The molecule has 0 saturated carbocycles. The average molecular weight is 291 g/mol. The first kappa shape index (κ1) is 14.8. The van der Waals surface area contributed by atoms with Crippen LogP contribution in [0.2, 0.25) is 0 Å². The highest BCUT2D eigenvalue weighted by atomic mass is 16.6. The van der Waals surface area contributed by atoms with Crippen molar-refractivity contribution in [1.82, 2.24) is 14.7 Å². The van der Waals surface area contributed by atoms with Crippen LogP contribution in [0.25, 0.3) is 0 Å². The molecule has 21 heavy (non-hydrogen) atoms. The predicted octanol–water partition coefficient (Wildman–Crippen LogP) is 1.75. The topological polar surface area (TPSA) is 39.5 Å². The minimum Gasteiger partial charge on any atom is -0.372 e. The lowest BCUT2D eigenvalue weighted by Gasteiger charge is -2.39. The minimum atomic E-state index is -0.00764. The van der Waals surface area contributed by atoms with Crippen molar-refractivity contribution >= 4 is 0 Å². The van der Waals surface area contributed by atoms with Crippen molar-refractivity contribution in [1.29, 1.82) is 0 Å². The predicted molar refractivity (Wildman–Crippen MR) is 81.0 cm³/mol. The maximum absolute atomic E-state index is 6.14. The van der Waals surface area contributed by atoms with E-state index in [-0.39, 0.29) is 11.7 Å². The van der Waals surface area contributed by atoms with E-state index in [0.717, 1.165) is 32.5 Å². The summed E-state index contributed by atoms with van der Waals surface area (Å²) in [5.74, 6) is 0. The van der Waals surface area contributed by atoms with Crippen molar-refractivity contribution in [3.8, 4) is 0 Å². The maximum Gasteiger partial charge on any atom is 0.0841 e. The molecule has 2 saturated heterocycles. The summed E-state index contributed by atoms with van der Waals surface area (Å²) in [5.41, 5.74) is 1.26. The third-order valence-electron chi connectivity index (χ3n) is 4.41. The Morgan fingerprint density at radius 3 is 3.29 bits per heavy atom. The van der Waals surface area contributed by atoms with Gasteiger partial charge in [0.2, 0.25) is 0 Å². The van der Waals surface area contributed by atoms with E-state index in [1.807, 2.05) is 17.9 Å². The van der Waals surface area contributed by atoms with Gasteiger partial charge in [-0.25, -0.2) is 0 Å². The molecule has 0 N–H and O–H groups in total. The molecule has 5 nitrogen and oxygen atoms in total. The smallest absolute Gasteiger partial charge is 0.0841 e. The number of hydrogen-bond donors (Lipinski definition) is 0. The largest absolute Gasteiger partial charge is 0.372 e. The number of nitrogens with zero attached hydrogens (tertiary/aromatic N) is 3. The van der Waals surface area contributed by atoms with Gasteiger partial charge in [-0.3, -0.25) is 9.58 Å². The van der Waals surface area contributed by atoms with Gasteiger partial charge < -0.3 is 9.47 Å². The molecule has 0 aliphatic carbocycles. The van der Waals surface area contributed by atoms with E-state index in [1.165, 1.54) is 12.0 Å². The molecule has 3 heterocycles. The molecule has 1 spiro atoms. The number of hydrogen-bond acceptors (Lipinski definition) is 4. The molecule has 1 aromatic heterocycles. The summed E-state index contributed by atoms with van der Waals surface area (Å²) < 4.78 is 13.8. The summed E-state index contributed by atoms with van der Waals surface area (Å²) in [6.07, 6.45) is 9.41. The van der Waals surface area contributed by atoms with Crippen molar-refractivity contribution in [2.24, 2.45) is 7.05 Å². The first-order valence-corrected chi connectivity index (χ1v) is 7.75. The Morgan fingerprint density at radius 2 is 2.52 bits per heavy atom. The zero-order chi connectivity index (χ0) is 14.7. The van der Waals surface area contributed by atoms with E-state index in [4.69, 9.17) is 9.47 Å². The molecule has 5 heteroatoms. The van der Waals surface area contributed by atoms with Crippen LogP contribution in [0.5, 0.6) is 0 Å². The highest BCUT2D eigenvalue weighted by Gasteiger charge is 2.43. The molecule has 1 aromatic rings. The van der Waals surface area contributed by atoms with Crippen LogP contribution >= 0.6 is 0 Å². The number of aryl methyl sites for hydroxylation is 1. The fraction of sp³-hybridized carbons (Fsp3) is 0.688. The van der Waals surface area contributed by atoms with E-state index in [2.05, 4.69) is 22.8 Å². The van der Waals surface area contributed by atoms with Crippen LogP contribution in [0, 0.1) is 0 Å². The monoisotopic (exact) mass is 291 g/mol. The van der Waals surface area contributed by atoms with Crippen molar-refractivity contribution < 1.29 is 9.47 Å². The number of likely N-dealkylation sites (tertiary alicyclic amines) is 1. The highest BCUT2D eigenvalue weighted by Crippen LogP contribution is 2.36. The molecule has 116 valence electrons. The number of aromatic nitrogens is 2. The van der Waals surface area contributed by atoms with E-state index < -0.39 is 0 Å². The van der Waals surface area contributed by atoms with Crippen molar-refractivity contribution in [3.63, 3.8) is 0 Å². The van der Waals surface area contributed by atoms with Gasteiger partial charge in [0.05, 0.1) is 31.1 Å². The molecule has 0 aromatic carbocycles. The summed E-state index contributed by atoms with van der Waals surface area (Å²) in [7, 11) is 1.96. The summed E-state index contributed by atoms with van der Waals surface area (Å²) in [4.78, 5) is 2.48. The van der Waals surface area contributed by atoms with Gasteiger partial charge in [-0.2, -0.15) is 5.10 Å². The molecule has 2 aliphatic rings. The van der Waals surface area contributed by atoms with Gasteiger partial charge in [-0.15, -0.1) is 6.58 Å². The van der Waals surface area contributed by atoms with E-state index >= 15 is 0 Å². The second-order valence-electron chi connectivity index (χ2n) is 6.28. The fourth-order valence-electron chi connectivity index (χ4n) is 3.54. The van der Waals surface area contributed by atoms with Gasteiger partial charge in [0.25, 0.3) is 0 Å². The molecular weight excluding hydrogens is 266 g/mol. The first-order valence-electron chi connectivity index (χ1n) is 7.75. The summed E-state index contributed by atoms with van der Waals surface area (Å²) >= 11 is 0. The van der Waals surface area contributed by atoms with Crippen molar-refractivity contribution in [3.05, 3.63) is 30.6 Å². The van der Waals surface area contributed by atoms with Gasteiger partial charge in [0.15, 0.2) is 0 Å². The van der Waals surface area contributed by atoms with Crippen LogP contribution in [-0.4, -0.2) is 52.7 Å². The van der Waals surface area contributed by atoms with Crippen LogP contribution in [0.3, 0.4) is 0 Å². The Balaban J connectivity index is 1.57. The molecule has 0 amide bonds. The lowest BCUT2D eigenvalue weighted by Crippen LogP contribution is -2.47. The summed E-state index contributed by atoms with van der Waals surface area (Å²) in [5, 5.41) is 4.25. The number of piperidine rings is 1. The molecule has 3 rings (SSSR count). The Hall–Kier alpha value is -1.17.